The monoisotopic (exact) mass is 173 g/mol. The highest BCUT2D eigenvalue weighted by Gasteiger charge is 2.25. The molecule has 0 aromatic rings. The van der Waals surface area contributed by atoms with Crippen LogP contribution in [0, 0.1) is 11.8 Å². The van der Waals surface area contributed by atoms with E-state index in [1.807, 2.05) is 0 Å². The normalized spacial score (nSPS) is 36.8. The first-order valence-corrected chi connectivity index (χ1v) is 5.05. The molecule has 0 bridgehead atoms. The van der Waals surface area contributed by atoms with Crippen molar-refractivity contribution in [1.82, 2.24) is 5.32 Å². The minimum atomic E-state index is -0.238. The summed E-state index contributed by atoms with van der Waals surface area (Å²) in [5.41, 5.74) is 0. The number of alkyl halides is 1. The van der Waals surface area contributed by atoms with Crippen molar-refractivity contribution in [3.63, 3.8) is 0 Å². The number of rotatable bonds is 3. The van der Waals surface area contributed by atoms with Gasteiger partial charge < -0.3 is 5.32 Å². The number of nitrogens with one attached hydrogen (secondary N) is 1. The molecule has 0 aromatic heterocycles. The first kappa shape index (κ1) is 9.97. The molecule has 1 N–H and O–H groups in total. The summed E-state index contributed by atoms with van der Waals surface area (Å²) in [6.45, 7) is 4.87. The molecule has 1 rings (SSSR count). The quantitative estimate of drug-likeness (QED) is 0.691. The third kappa shape index (κ3) is 2.44. The van der Waals surface area contributed by atoms with Crippen molar-refractivity contribution in [2.45, 2.75) is 39.2 Å². The van der Waals surface area contributed by atoms with Gasteiger partial charge in [0.25, 0.3) is 0 Å². The minimum absolute atomic E-state index is 0.238. The second kappa shape index (κ2) is 4.80. The average Bonchev–Trinajstić information content (AvgIpc) is 2.08. The Balaban J connectivity index is 2.30. The molecule has 1 fully saturated rings. The zero-order valence-corrected chi connectivity index (χ0v) is 8.15. The molecule has 1 nitrogen and oxygen atoms in total. The minimum Gasteiger partial charge on any atom is -0.311 e. The van der Waals surface area contributed by atoms with Crippen LogP contribution in [0.2, 0.25) is 0 Å². The third-order valence-electron chi connectivity index (χ3n) is 3.21. The second-order valence-corrected chi connectivity index (χ2v) is 4.02. The molecule has 0 radical (unpaired) electrons. The smallest absolute Gasteiger partial charge is 0.102 e. The topological polar surface area (TPSA) is 12.0 Å². The molecule has 1 saturated carbocycles. The molecule has 12 heavy (non-hydrogen) atoms. The van der Waals surface area contributed by atoms with Gasteiger partial charge in [-0.05, 0) is 18.3 Å². The summed E-state index contributed by atoms with van der Waals surface area (Å²) in [5.74, 6) is 1.51. The molecule has 1 aliphatic rings. The predicted molar refractivity (Wildman–Crippen MR) is 49.9 cm³/mol. The van der Waals surface area contributed by atoms with Gasteiger partial charge in [-0.2, -0.15) is 0 Å². The number of halogens is 1. The van der Waals surface area contributed by atoms with E-state index < -0.39 is 0 Å². The van der Waals surface area contributed by atoms with Crippen molar-refractivity contribution in [2.24, 2.45) is 11.8 Å². The molecule has 3 unspecified atom stereocenters. The van der Waals surface area contributed by atoms with Gasteiger partial charge >= 0.3 is 0 Å². The van der Waals surface area contributed by atoms with Crippen molar-refractivity contribution in [3.05, 3.63) is 0 Å². The van der Waals surface area contributed by atoms with Gasteiger partial charge in [0.05, 0.1) is 0 Å². The molecule has 2 heteroatoms. The average molecular weight is 173 g/mol. The number of hydrogen-bond acceptors (Lipinski definition) is 1. The standard InChI is InChI=1S/C10H20FN/c1-8-4-3-5-10(9(8)2)12-7-6-11/h8-10,12H,3-7H2,1-2H3. The molecular formula is C10H20FN. The Morgan fingerprint density at radius 3 is 2.75 bits per heavy atom. The highest BCUT2D eigenvalue weighted by atomic mass is 19.1. The summed E-state index contributed by atoms with van der Waals surface area (Å²) in [6, 6.07) is 0.560. The van der Waals surface area contributed by atoms with Crippen LogP contribution in [0.15, 0.2) is 0 Å². The number of hydrogen-bond donors (Lipinski definition) is 1. The van der Waals surface area contributed by atoms with Crippen LogP contribution in [0.25, 0.3) is 0 Å². The Morgan fingerprint density at radius 1 is 1.33 bits per heavy atom. The first-order chi connectivity index (χ1) is 5.75. The fourth-order valence-corrected chi connectivity index (χ4v) is 2.11. The summed E-state index contributed by atoms with van der Waals surface area (Å²) in [4.78, 5) is 0. The summed E-state index contributed by atoms with van der Waals surface area (Å²) in [7, 11) is 0. The zero-order chi connectivity index (χ0) is 8.97. The molecule has 0 heterocycles. The van der Waals surface area contributed by atoms with Gasteiger partial charge in [0.2, 0.25) is 0 Å². The molecule has 0 aliphatic heterocycles. The largest absolute Gasteiger partial charge is 0.311 e. The summed E-state index contributed by atoms with van der Waals surface area (Å²) < 4.78 is 11.9. The fraction of sp³-hybridized carbons (Fsp3) is 1.00. The van der Waals surface area contributed by atoms with Crippen molar-refractivity contribution in [1.29, 1.82) is 0 Å². The van der Waals surface area contributed by atoms with Gasteiger partial charge in [-0.15, -0.1) is 0 Å². The lowest BCUT2D eigenvalue weighted by Crippen LogP contribution is -2.41. The van der Waals surface area contributed by atoms with Gasteiger partial charge in [-0.3, -0.25) is 0 Å². The molecule has 0 aromatic carbocycles. The second-order valence-electron chi connectivity index (χ2n) is 4.02. The molecule has 1 aliphatic carbocycles. The van der Waals surface area contributed by atoms with Crippen molar-refractivity contribution in [3.8, 4) is 0 Å². The Bertz CT molecular complexity index is 127. The molecule has 0 spiro atoms. The molecular weight excluding hydrogens is 153 g/mol. The Labute approximate surface area is 74.7 Å². The van der Waals surface area contributed by atoms with E-state index in [0.29, 0.717) is 18.5 Å². The van der Waals surface area contributed by atoms with E-state index in [1.165, 1.54) is 19.3 Å². The van der Waals surface area contributed by atoms with Crippen LogP contribution in [0.4, 0.5) is 4.39 Å². The first-order valence-electron chi connectivity index (χ1n) is 5.05. The van der Waals surface area contributed by atoms with Crippen molar-refractivity contribution >= 4 is 0 Å². The van der Waals surface area contributed by atoms with E-state index >= 15 is 0 Å². The van der Waals surface area contributed by atoms with Crippen LogP contribution in [0.5, 0.6) is 0 Å². The lowest BCUT2D eigenvalue weighted by molar-refractivity contribution is 0.204. The van der Waals surface area contributed by atoms with E-state index in [9.17, 15) is 4.39 Å². The molecule has 0 amide bonds. The Morgan fingerprint density at radius 2 is 2.08 bits per heavy atom. The third-order valence-corrected chi connectivity index (χ3v) is 3.21. The molecule has 3 atom stereocenters. The summed E-state index contributed by atoms with van der Waals surface area (Å²) in [6.07, 6.45) is 3.87. The summed E-state index contributed by atoms with van der Waals surface area (Å²) in [5, 5.41) is 3.28. The maximum atomic E-state index is 11.9. The van der Waals surface area contributed by atoms with E-state index in [0.717, 1.165) is 5.92 Å². The highest BCUT2D eigenvalue weighted by molar-refractivity contribution is 4.81. The van der Waals surface area contributed by atoms with Gasteiger partial charge in [-0.25, -0.2) is 4.39 Å². The highest BCUT2D eigenvalue weighted by Crippen LogP contribution is 2.29. The lowest BCUT2D eigenvalue weighted by atomic mass is 9.78. The van der Waals surface area contributed by atoms with Crippen LogP contribution in [0.3, 0.4) is 0 Å². The van der Waals surface area contributed by atoms with E-state index in [-0.39, 0.29) is 6.67 Å². The van der Waals surface area contributed by atoms with E-state index in [2.05, 4.69) is 19.2 Å². The van der Waals surface area contributed by atoms with E-state index in [4.69, 9.17) is 0 Å². The molecule has 0 saturated heterocycles. The Kier molecular flexibility index (Phi) is 3.99. The van der Waals surface area contributed by atoms with Gasteiger partial charge in [-0.1, -0.05) is 26.7 Å². The van der Waals surface area contributed by atoms with Crippen LogP contribution in [-0.2, 0) is 0 Å². The van der Waals surface area contributed by atoms with Crippen LogP contribution in [0.1, 0.15) is 33.1 Å². The van der Waals surface area contributed by atoms with Crippen molar-refractivity contribution in [2.75, 3.05) is 13.2 Å². The van der Waals surface area contributed by atoms with Gasteiger partial charge in [0, 0.05) is 12.6 Å². The van der Waals surface area contributed by atoms with Crippen molar-refractivity contribution < 1.29 is 4.39 Å². The maximum Gasteiger partial charge on any atom is 0.102 e. The van der Waals surface area contributed by atoms with Crippen LogP contribution < -0.4 is 5.32 Å². The summed E-state index contributed by atoms with van der Waals surface area (Å²) >= 11 is 0. The van der Waals surface area contributed by atoms with Gasteiger partial charge in [0.1, 0.15) is 6.67 Å². The SMILES string of the molecule is CC1CCCC(NCCF)C1C. The van der Waals surface area contributed by atoms with Crippen LogP contribution in [-0.4, -0.2) is 19.3 Å². The fourth-order valence-electron chi connectivity index (χ4n) is 2.11. The van der Waals surface area contributed by atoms with Crippen LogP contribution >= 0.6 is 0 Å². The zero-order valence-electron chi connectivity index (χ0n) is 8.15. The lowest BCUT2D eigenvalue weighted by Gasteiger charge is -2.34. The Hall–Kier alpha value is -0.110. The maximum absolute atomic E-state index is 11.9. The van der Waals surface area contributed by atoms with E-state index in [1.54, 1.807) is 0 Å². The van der Waals surface area contributed by atoms with Gasteiger partial charge in [0.15, 0.2) is 0 Å². The predicted octanol–water partition coefficient (Wildman–Crippen LogP) is 2.37. The molecule has 72 valence electrons.